The van der Waals surface area contributed by atoms with E-state index < -0.39 is 23.6 Å². The minimum atomic E-state index is -1.36. The Hall–Kier alpha value is -1.14. The molecule has 0 aromatic heterocycles. The molecule has 0 aliphatic heterocycles. The van der Waals surface area contributed by atoms with Crippen molar-refractivity contribution in [3.05, 3.63) is 0 Å². The molecular formula is C15H29N3O3. The number of amides is 2. The Balaban J connectivity index is 2.65. The second-order valence-electron chi connectivity index (χ2n) is 7.03. The Labute approximate surface area is 126 Å². The summed E-state index contributed by atoms with van der Waals surface area (Å²) in [5.74, 6) is -1.13. The van der Waals surface area contributed by atoms with Crippen LogP contribution in [0.4, 0.5) is 0 Å². The Morgan fingerprint density at radius 2 is 1.95 bits per heavy atom. The van der Waals surface area contributed by atoms with E-state index in [1.807, 2.05) is 0 Å². The van der Waals surface area contributed by atoms with Crippen molar-refractivity contribution >= 4 is 11.8 Å². The van der Waals surface area contributed by atoms with Gasteiger partial charge < -0.3 is 21.9 Å². The van der Waals surface area contributed by atoms with Crippen molar-refractivity contribution in [1.82, 2.24) is 5.32 Å². The van der Waals surface area contributed by atoms with E-state index in [-0.39, 0.29) is 11.3 Å². The summed E-state index contributed by atoms with van der Waals surface area (Å²) in [7, 11) is 0. The fourth-order valence-corrected chi connectivity index (χ4v) is 3.10. The zero-order chi connectivity index (χ0) is 16.3. The first-order valence-electron chi connectivity index (χ1n) is 7.68. The van der Waals surface area contributed by atoms with E-state index in [0.717, 1.165) is 19.3 Å². The zero-order valence-electron chi connectivity index (χ0n) is 13.3. The summed E-state index contributed by atoms with van der Waals surface area (Å²) in [5, 5.41) is 12.7. The highest BCUT2D eigenvalue weighted by molar-refractivity contribution is 5.85. The van der Waals surface area contributed by atoms with Crippen molar-refractivity contribution in [3.8, 4) is 0 Å². The maximum absolute atomic E-state index is 12.3. The first kappa shape index (κ1) is 17.9. The molecule has 6 N–H and O–H groups in total. The highest BCUT2D eigenvalue weighted by atomic mass is 16.3. The second kappa shape index (κ2) is 6.75. The number of nitrogens with two attached hydrogens (primary N) is 2. The monoisotopic (exact) mass is 299 g/mol. The lowest BCUT2D eigenvalue weighted by Crippen LogP contribution is -2.66. The van der Waals surface area contributed by atoms with Gasteiger partial charge in [0.15, 0.2) is 6.10 Å². The van der Waals surface area contributed by atoms with Crippen LogP contribution in [0, 0.1) is 5.41 Å². The number of carbonyl (C=O) groups excluding carboxylic acids is 2. The number of rotatable bonds is 8. The summed E-state index contributed by atoms with van der Waals surface area (Å²) in [6.45, 7) is 6.27. The smallest absolute Gasteiger partial charge is 0.248 e. The molecule has 2 amide bonds. The van der Waals surface area contributed by atoms with E-state index >= 15 is 0 Å². The van der Waals surface area contributed by atoms with Gasteiger partial charge in [-0.1, -0.05) is 27.2 Å². The predicted octanol–water partition coefficient (Wildman–Crippen LogP) is 0.415. The van der Waals surface area contributed by atoms with E-state index in [9.17, 15) is 14.7 Å². The van der Waals surface area contributed by atoms with Crippen LogP contribution in [0.15, 0.2) is 0 Å². The lowest BCUT2D eigenvalue weighted by molar-refractivity contribution is -0.138. The van der Waals surface area contributed by atoms with Crippen LogP contribution in [0.25, 0.3) is 0 Å². The third-order valence-electron chi connectivity index (χ3n) is 4.45. The molecule has 21 heavy (non-hydrogen) atoms. The van der Waals surface area contributed by atoms with Crippen LogP contribution in [-0.4, -0.2) is 34.6 Å². The molecular weight excluding hydrogens is 270 g/mol. The molecule has 122 valence electrons. The van der Waals surface area contributed by atoms with Crippen LogP contribution < -0.4 is 16.8 Å². The summed E-state index contributed by atoms with van der Waals surface area (Å²) in [6.07, 6.45) is 3.18. The average molecular weight is 299 g/mol. The van der Waals surface area contributed by atoms with Gasteiger partial charge in [0.05, 0.1) is 11.6 Å². The van der Waals surface area contributed by atoms with Gasteiger partial charge in [0.25, 0.3) is 0 Å². The Bertz CT molecular complexity index is 392. The Kier molecular flexibility index (Phi) is 5.75. The predicted molar refractivity (Wildman–Crippen MR) is 81.2 cm³/mol. The Morgan fingerprint density at radius 1 is 1.38 bits per heavy atom. The maximum Gasteiger partial charge on any atom is 0.248 e. The lowest BCUT2D eigenvalue weighted by atomic mass is 9.72. The average Bonchev–Trinajstić information content (AvgIpc) is 2.31. The molecule has 1 saturated carbocycles. The van der Waals surface area contributed by atoms with Gasteiger partial charge in [-0.2, -0.15) is 0 Å². The minimum absolute atomic E-state index is 0.0133. The highest BCUT2D eigenvalue weighted by Crippen LogP contribution is 2.35. The van der Waals surface area contributed by atoms with Crippen LogP contribution in [0.2, 0.25) is 0 Å². The molecule has 1 aliphatic carbocycles. The third kappa shape index (κ3) is 4.41. The number of primary amides is 1. The van der Waals surface area contributed by atoms with Gasteiger partial charge in [0, 0.05) is 0 Å². The number of hydrogen-bond donors (Lipinski definition) is 4. The third-order valence-corrected chi connectivity index (χ3v) is 4.45. The van der Waals surface area contributed by atoms with E-state index in [2.05, 4.69) is 26.1 Å². The highest BCUT2D eigenvalue weighted by Gasteiger charge is 2.48. The SMILES string of the molecule is CCCC(C)(C)CC(N)C(=O)NC1(C(O)C(N)=O)CCC1. The second-order valence-corrected chi connectivity index (χ2v) is 7.03. The molecule has 2 unspecified atom stereocenters. The molecule has 1 fully saturated rings. The Morgan fingerprint density at radius 3 is 2.33 bits per heavy atom. The van der Waals surface area contributed by atoms with Crippen molar-refractivity contribution < 1.29 is 14.7 Å². The van der Waals surface area contributed by atoms with Crippen molar-refractivity contribution in [2.45, 2.75) is 77.0 Å². The fraction of sp³-hybridized carbons (Fsp3) is 0.867. The molecule has 0 bridgehead atoms. The molecule has 2 atom stereocenters. The number of carbonyl (C=O) groups is 2. The van der Waals surface area contributed by atoms with E-state index in [1.54, 1.807) is 0 Å². The molecule has 0 aromatic rings. The van der Waals surface area contributed by atoms with Crippen LogP contribution in [0.5, 0.6) is 0 Å². The number of aliphatic hydroxyl groups is 1. The van der Waals surface area contributed by atoms with Gasteiger partial charge in [-0.25, -0.2) is 0 Å². The van der Waals surface area contributed by atoms with Crippen molar-refractivity contribution in [2.24, 2.45) is 16.9 Å². The number of hydrogen-bond acceptors (Lipinski definition) is 4. The zero-order valence-corrected chi connectivity index (χ0v) is 13.3. The van der Waals surface area contributed by atoms with Crippen LogP contribution in [-0.2, 0) is 9.59 Å². The quantitative estimate of drug-likeness (QED) is 0.519. The summed E-state index contributed by atoms with van der Waals surface area (Å²) in [4.78, 5) is 23.5. The van der Waals surface area contributed by atoms with Gasteiger partial charge in [-0.15, -0.1) is 0 Å². The van der Waals surface area contributed by atoms with E-state index in [4.69, 9.17) is 11.5 Å². The first-order chi connectivity index (χ1) is 9.63. The van der Waals surface area contributed by atoms with Crippen LogP contribution in [0.3, 0.4) is 0 Å². The molecule has 0 spiro atoms. The topological polar surface area (TPSA) is 118 Å². The van der Waals surface area contributed by atoms with Crippen LogP contribution >= 0.6 is 0 Å². The minimum Gasteiger partial charge on any atom is -0.381 e. The van der Waals surface area contributed by atoms with E-state index in [1.165, 1.54) is 0 Å². The molecule has 1 aliphatic rings. The maximum atomic E-state index is 12.3. The molecule has 0 saturated heterocycles. The first-order valence-corrected chi connectivity index (χ1v) is 7.68. The molecule has 0 radical (unpaired) electrons. The van der Waals surface area contributed by atoms with Crippen LogP contribution in [0.1, 0.15) is 59.3 Å². The largest absolute Gasteiger partial charge is 0.381 e. The van der Waals surface area contributed by atoms with Gasteiger partial charge in [0.1, 0.15) is 0 Å². The summed E-state index contributed by atoms with van der Waals surface area (Å²) < 4.78 is 0. The van der Waals surface area contributed by atoms with Crippen molar-refractivity contribution in [2.75, 3.05) is 0 Å². The normalized spacial score (nSPS) is 20.2. The molecule has 6 heteroatoms. The van der Waals surface area contributed by atoms with Crippen molar-refractivity contribution in [1.29, 1.82) is 0 Å². The number of nitrogens with one attached hydrogen (secondary N) is 1. The summed E-state index contributed by atoms with van der Waals surface area (Å²) >= 11 is 0. The van der Waals surface area contributed by atoms with Gasteiger partial charge in [-0.05, 0) is 37.5 Å². The van der Waals surface area contributed by atoms with Gasteiger partial charge in [-0.3, -0.25) is 9.59 Å². The lowest BCUT2D eigenvalue weighted by Gasteiger charge is -2.45. The summed E-state index contributed by atoms with van der Waals surface area (Å²) in [6, 6.07) is -0.649. The fourth-order valence-electron chi connectivity index (χ4n) is 3.10. The van der Waals surface area contributed by atoms with Crippen molar-refractivity contribution in [3.63, 3.8) is 0 Å². The number of aliphatic hydroxyl groups excluding tert-OH is 1. The van der Waals surface area contributed by atoms with E-state index in [0.29, 0.717) is 19.3 Å². The molecule has 0 aromatic carbocycles. The van der Waals surface area contributed by atoms with Gasteiger partial charge >= 0.3 is 0 Å². The molecule has 0 heterocycles. The van der Waals surface area contributed by atoms with Gasteiger partial charge in [0.2, 0.25) is 11.8 Å². The summed E-state index contributed by atoms with van der Waals surface area (Å²) in [5.41, 5.74) is 10.2. The molecule has 1 rings (SSSR count). The molecule has 6 nitrogen and oxygen atoms in total. The standard InChI is InChI=1S/C15H29N3O3/c1-4-6-14(2,3)9-10(16)13(21)18-15(7-5-8-15)11(19)12(17)20/h10-11,19H,4-9,16H2,1-3H3,(H2,17,20)(H,18,21).